The molecule has 1 atom stereocenters. The number of nitrogens with one attached hydrogen (secondary N) is 2. The van der Waals surface area contributed by atoms with Crippen LogP contribution in [0.15, 0.2) is 15.3 Å². The van der Waals surface area contributed by atoms with E-state index in [1.165, 1.54) is 0 Å². The number of aryl methyl sites for hydroxylation is 2. The molecule has 10 heteroatoms. The van der Waals surface area contributed by atoms with E-state index in [0.717, 1.165) is 63.4 Å². The molecule has 8 nitrogen and oxygen atoms in total. The number of rotatable bonds is 4. The number of nitrogens with zero attached hydrogens (tertiary/aromatic N) is 3. The highest BCUT2D eigenvalue weighted by Crippen LogP contribution is 2.31. The number of hydrogen-bond acceptors (Lipinski definition) is 6. The van der Waals surface area contributed by atoms with Crippen molar-refractivity contribution in [3.8, 4) is 0 Å². The SMILES string of the molecule is Cc1cc(C2CCCNC2)oc(=O)c1C(=O)Nc1c(N2CCCC2)nn(C)c1C.Cl.Cl. The molecule has 0 aromatic carbocycles. The zero-order valence-corrected chi connectivity index (χ0v) is 19.8. The maximum Gasteiger partial charge on any atom is 0.349 e. The molecule has 0 bridgehead atoms. The van der Waals surface area contributed by atoms with Gasteiger partial charge in [0.1, 0.15) is 17.0 Å². The normalized spacial score (nSPS) is 18.3. The van der Waals surface area contributed by atoms with Crippen LogP contribution in [0.25, 0.3) is 0 Å². The van der Waals surface area contributed by atoms with Crippen LogP contribution in [0.1, 0.15) is 59.0 Å². The third-order valence-electron chi connectivity index (χ3n) is 6.05. The molecule has 0 spiro atoms. The van der Waals surface area contributed by atoms with Gasteiger partial charge in [-0.2, -0.15) is 5.10 Å². The van der Waals surface area contributed by atoms with Crippen LogP contribution >= 0.6 is 24.8 Å². The Balaban J connectivity index is 0.00000171. The van der Waals surface area contributed by atoms with Gasteiger partial charge in [-0.3, -0.25) is 9.48 Å². The van der Waals surface area contributed by atoms with Crippen LogP contribution < -0.4 is 21.2 Å². The third kappa shape index (κ3) is 5.07. The Bertz CT molecular complexity index is 976. The Morgan fingerprint density at radius 1 is 1.23 bits per heavy atom. The number of hydrogen-bond donors (Lipinski definition) is 2. The van der Waals surface area contributed by atoms with E-state index in [1.807, 2.05) is 20.0 Å². The molecule has 31 heavy (non-hydrogen) atoms. The van der Waals surface area contributed by atoms with Gasteiger partial charge in [0.2, 0.25) is 0 Å². The highest BCUT2D eigenvalue weighted by Gasteiger charge is 2.26. The first-order valence-electron chi connectivity index (χ1n) is 10.4. The molecule has 2 aromatic rings. The van der Waals surface area contributed by atoms with Gasteiger partial charge in [0.05, 0.1) is 5.69 Å². The molecule has 2 saturated heterocycles. The zero-order chi connectivity index (χ0) is 20.5. The number of anilines is 2. The van der Waals surface area contributed by atoms with E-state index >= 15 is 0 Å². The van der Waals surface area contributed by atoms with E-state index in [2.05, 4.69) is 20.6 Å². The second-order valence-electron chi connectivity index (χ2n) is 8.09. The summed E-state index contributed by atoms with van der Waals surface area (Å²) >= 11 is 0. The molecule has 0 saturated carbocycles. The van der Waals surface area contributed by atoms with Crippen molar-refractivity contribution >= 4 is 42.2 Å². The minimum Gasteiger partial charge on any atom is -0.427 e. The van der Waals surface area contributed by atoms with Gasteiger partial charge >= 0.3 is 5.63 Å². The summed E-state index contributed by atoms with van der Waals surface area (Å²) in [5.74, 6) is 1.16. The molecule has 2 fully saturated rings. The first kappa shape index (κ1) is 25.2. The van der Waals surface area contributed by atoms with Crippen molar-refractivity contribution in [3.63, 3.8) is 0 Å². The van der Waals surface area contributed by atoms with Crippen molar-refractivity contribution in [2.45, 2.75) is 45.4 Å². The Morgan fingerprint density at radius 3 is 2.55 bits per heavy atom. The molecule has 2 N–H and O–H groups in total. The largest absolute Gasteiger partial charge is 0.427 e. The Morgan fingerprint density at radius 2 is 1.94 bits per heavy atom. The van der Waals surface area contributed by atoms with E-state index in [9.17, 15) is 9.59 Å². The highest BCUT2D eigenvalue weighted by atomic mass is 35.5. The predicted molar refractivity (Wildman–Crippen MR) is 126 cm³/mol. The summed E-state index contributed by atoms with van der Waals surface area (Å²) in [7, 11) is 1.86. The second-order valence-corrected chi connectivity index (χ2v) is 8.09. The molecular weight excluding hydrogens is 441 g/mol. The number of carbonyl (C=O) groups is 1. The van der Waals surface area contributed by atoms with Crippen LogP contribution in [-0.4, -0.2) is 41.9 Å². The fraction of sp³-hybridized carbons (Fsp3) is 0.571. The molecule has 2 aliphatic heterocycles. The smallest absolute Gasteiger partial charge is 0.349 e. The van der Waals surface area contributed by atoms with Crippen LogP contribution in [0.4, 0.5) is 11.5 Å². The average molecular weight is 472 g/mol. The first-order chi connectivity index (χ1) is 14.0. The van der Waals surface area contributed by atoms with Crippen LogP contribution in [0.5, 0.6) is 0 Å². The average Bonchev–Trinajstić information content (AvgIpc) is 3.32. The fourth-order valence-corrected chi connectivity index (χ4v) is 4.27. The van der Waals surface area contributed by atoms with Gasteiger partial charge in [-0.15, -0.1) is 24.8 Å². The summed E-state index contributed by atoms with van der Waals surface area (Å²) in [6.07, 6.45) is 4.26. The number of piperidine rings is 1. The lowest BCUT2D eigenvalue weighted by molar-refractivity contribution is 0.102. The summed E-state index contributed by atoms with van der Waals surface area (Å²) in [4.78, 5) is 27.9. The van der Waals surface area contributed by atoms with E-state index in [0.29, 0.717) is 17.0 Å². The van der Waals surface area contributed by atoms with E-state index < -0.39 is 11.5 Å². The quantitative estimate of drug-likeness (QED) is 0.711. The summed E-state index contributed by atoms with van der Waals surface area (Å²) in [6, 6.07) is 1.84. The summed E-state index contributed by atoms with van der Waals surface area (Å²) in [6.45, 7) is 7.33. The lowest BCUT2D eigenvalue weighted by Crippen LogP contribution is -2.30. The number of amides is 1. The summed E-state index contributed by atoms with van der Waals surface area (Å²) < 4.78 is 7.33. The molecular formula is C21H31Cl2N5O3. The van der Waals surface area contributed by atoms with Crippen LogP contribution in [0.2, 0.25) is 0 Å². The molecule has 2 aromatic heterocycles. The summed E-state index contributed by atoms with van der Waals surface area (Å²) in [5.41, 5.74) is 1.65. The minimum atomic E-state index is -0.577. The molecule has 2 aliphatic rings. The molecule has 4 heterocycles. The van der Waals surface area contributed by atoms with Crippen LogP contribution in [0.3, 0.4) is 0 Å². The van der Waals surface area contributed by atoms with Crippen molar-refractivity contribution in [2.24, 2.45) is 7.05 Å². The van der Waals surface area contributed by atoms with Crippen molar-refractivity contribution in [1.29, 1.82) is 0 Å². The van der Waals surface area contributed by atoms with E-state index in [4.69, 9.17) is 4.42 Å². The molecule has 1 unspecified atom stereocenters. The number of aromatic nitrogens is 2. The number of carbonyl (C=O) groups excluding carboxylic acids is 1. The first-order valence-corrected chi connectivity index (χ1v) is 10.4. The Kier molecular flexibility index (Phi) is 8.57. The fourth-order valence-electron chi connectivity index (χ4n) is 4.27. The third-order valence-corrected chi connectivity index (χ3v) is 6.05. The van der Waals surface area contributed by atoms with Gasteiger partial charge in [0.25, 0.3) is 5.91 Å². The Hall–Kier alpha value is -2.03. The predicted octanol–water partition coefficient (Wildman–Crippen LogP) is 3.15. The van der Waals surface area contributed by atoms with Gasteiger partial charge in [0.15, 0.2) is 5.82 Å². The topological polar surface area (TPSA) is 92.4 Å². The molecule has 172 valence electrons. The van der Waals surface area contributed by atoms with Crippen LogP contribution in [-0.2, 0) is 7.05 Å². The lowest BCUT2D eigenvalue weighted by Gasteiger charge is -2.22. The Labute approximate surface area is 194 Å². The van der Waals surface area contributed by atoms with E-state index in [-0.39, 0.29) is 36.3 Å². The van der Waals surface area contributed by atoms with Crippen molar-refractivity contribution in [2.75, 3.05) is 36.4 Å². The van der Waals surface area contributed by atoms with E-state index in [1.54, 1.807) is 11.6 Å². The van der Waals surface area contributed by atoms with Gasteiger partial charge in [-0.25, -0.2) is 4.79 Å². The van der Waals surface area contributed by atoms with Crippen molar-refractivity contribution in [1.82, 2.24) is 15.1 Å². The summed E-state index contributed by atoms with van der Waals surface area (Å²) in [5, 5.41) is 10.8. The lowest BCUT2D eigenvalue weighted by atomic mass is 9.95. The maximum absolute atomic E-state index is 13.0. The van der Waals surface area contributed by atoms with Crippen LogP contribution in [0, 0.1) is 13.8 Å². The molecule has 0 aliphatic carbocycles. The minimum absolute atomic E-state index is 0. The second kappa shape index (κ2) is 10.5. The van der Waals surface area contributed by atoms with Crippen molar-refractivity contribution < 1.29 is 9.21 Å². The monoisotopic (exact) mass is 471 g/mol. The van der Waals surface area contributed by atoms with Gasteiger partial charge < -0.3 is 20.0 Å². The highest BCUT2D eigenvalue weighted by molar-refractivity contribution is 6.06. The van der Waals surface area contributed by atoms with Gasteiger partial charge in [0, 0.05) is 32.6 Å². The number of halogens is 2. The maximum atomic E-state index is 13.0. The molecule has 4 rings (SSSR count). The van der Waals surface area contributed by atoms with Gasteiger partial charge in [-0.05, 0) is 57.7 Å². The molecule has 0 radical (unpaired) electrons. The van der Waals surface area contributed by atoms with Gasteiger partial charge in [-0.1, -0.05) is 0 Å². The zero-order valence-electron chi connectivity index (χ0n) is 18.2. The van der Waals surface area contributed by atoms with Crippen molar-refractivity contribution in [3.05, 3.63) is 39.1 Å². The molecule has 1 amide bonds. The standard InChI is InChI=1S/C21H29N5O3.2ClH/c1-13-11-16(15-7-6-8-22-12-15)29-21(28)17(13)20(27)23-18-14(2)25(3)24-19(18)26-9-4-5-10-26;;/h11,15,22H,4-10,12H2,1-3H3,(H,23,27);2*1H.